The summed E-state index contributed by atoms with van der Waals surface area (Å²) in [4.78, 5) is 21.9. The molecule has 0 spiro atoms. The largest absolute Gasteiger partial charge is 0.490 e. The molecule has 0 bridgehead atoms. The SMILES string of the molecule is CCOC(=O)COc1c(I)cc(/C=C(/C#N)c2ccc([N+](=O)[O-])cc2)cc1OCC. The zero-order valence-corrected chi connectivity index (χ0v) is 18.5. The highest BCUT2D eigenvalue weighted by molar-refractivity contribution is 14.1. The molecule has 0 unspecified atom stereocenters. The lowest BCUT2D eigenvalue weighted by Gasteiger charge is -2.14. The van der Waals surface area contributed by atoms with Gasteiger partial charge in [-0.25, -0.2) is 4.79 Å². The van der Waals surface area contributed by atoms with Crippen molar-refractivity contribution in [2.75, 3.05) is 19.8 Å². The summed E-state index contributed by atoms with van der Waals surface area (Å²) in [5.41, 5.74) is 1.52. The van der Waals surface area contributed by atoms with Crippen LogP contribution >= 0.6 is 22.6 Å². The Morgan fingerprint density at radius 2 is 1.90 bits per heavy atom. The van der Waals surface area contributed by atoms with Crippen molar-refractivity contribution in [1.82, 2.24) is 0 Å². The van der Waals surface area contributed by atoms with E-state index in [1.165, 1.54) is 24.3 Å². The van der Waals surface area contributed by atoms with Crippen LogP contribution in [-0.4, -0.2) is 30.7 Å². The van der Waals surface area contributed by atoms with E-state index >= 15 is 0 Å². The number of rotatable bonds is 9. The second kappa shape index (κ2) is 11.2. The number of carbonyl (C=O) groups is 1. The highest BCUT2D eigenvalue weighted by Gasteiger charge is 2.15. The molecular formula is C21H19IN2O6. The van der Waals surface area contributed by atoms with Gasteiger partial charge in [0.1, 0.15) is 0 Å². The molecule has 2 aromatic carbocycles. The lowest BCUT2D eigenvalue weighted by Crippen LogP contribution is -2.15. The van der Waals surface area contributed by atoms with Gasteiger partial charge < -0.3 is 14.2 Å². The van der Waals surface area contributed by atoms with Gasteiger partial charge in [-0.3, -0.25) is 10.1 Å². The lowest BCUT2D eigenvalue weighted by molar-refractivity contribution is -0.384. The highest BCUT2D eigenvalue weighted by Crippen LogP contribution is 2.35. The summed E-state index contributed by atoms with van der Waals surface area (Å²) in [5.74, 6) is 0.363. The van der Waals surface area contributed by atoms with Crippen molar-refractivity contribution in [1.29, 1.82) is 5.26 Å². The molecule has 2 aromatic rings. The second-order valence-corrected chi connectivity index (χ2v) is 6.99. The Morgan fingerprint density at radius 3 is 2.47 bits per heavy atom. The van der Waals surface area contributed by atoms with Crippen LogP contribution in [0.2, 0.25) is 0 Å². The van der Waals surface area contributed by atoms with Crippen molar-refractivity contribution >= 4 is 45.9 Å². The van der Waals surface area contributed by atoms with E-state index in [2.05, 4.69) is 28.7 Å². The molecule has 0 radical (unpaired) electrons. The first-order chi connectivity index (χ1) is 14.4. The smallest absolute Gasteiger partial charge is 0.344 e. The molecule has 30 heavy (non-hydrogen) atoms. The summed E-state index contributed by atoms with van der Waals surface area (Å²) >= 11 is 2.06. The van der Waals surface area contributed by atoms with Crippen LogP contribution in [0.4, 0.5) is 5.69 Å². The van der Waals surface area contributed by atoms with E-state index in [1.54, 1.807) is 25.1 Å². The van der Waals surface area contributed by atoms with E-state index in [0.717, 1.165) is 0 Å². The molecule has 0 amide bonds. The minimum atomic E-state index is -0.495. The Kier molecular flexibility index (Phi) is 8.61. The molecule has 0 heterocycles. The van der Waals surface area contributed by atoms with E-state index in [-0.39, 0.29) is 18.9 Å². The number of halogens is 1. The number of non-ortho nitro benzene ring substituents is 1. The van der Waals surface area contributed by atoms with Gasteiger partial charge in [-0.05, 0) is 77.9 Å². The number of nitro benzene ring substituents is 1. The molecule has 8 nitrogen and oxygen atoms in total. The first-order valence-corrected chi connectivity index (χ1v) is 10.1. The number of nitrogens with zero attached hydrogens (tertiary/aromatic N) is 2. The van der Waals surface area contributed by atoms with Crippen molar-refractivity contribution in [3.8, 4) is 17.6 Å². The molecule has 2 rings (SSSR count). The number of benzene rings is 2. The van der Waals surface area contributed by atoms with Crippen LogP contribution in [0, 0.1) is 25.0 Å². The van der Waals surface area contributed by atoms with E-state index < -0.39 is 10.9 Å². The third-order valence-electron chi connectivity index (χ3n) is 3.79. The van der Waals surface area contributed by atoms with Crippen LogP contribution in [0.3, 0.4) is 0 Å². The molecule has 0 saturated carbocycles. The summed E-state index contributed by atoms with van der Waals surface area (Å²) in [6.07, 6.45) is 1.65. The van der Waals surface area contributed by atoms with Gasteiger partial charge in [-0.2, -0.15) is 5.26 Å². The van der Waals surface area contributed by atoms with Crippen molar-refractivity contribution in [2.45, 2.75) is 13.8 Å². The maximum absolute atomic E-state index is 11.6. The average molecular weight is 522 g/mol. The molecule has 0 aromatic heterocycles. The number of hydrogen-bond acceptors (Lipinski definition) is 7. The summed E-state index contributed by atoms with van der Waals surface area (Å²) in [6, 6.07) is 11.3. The Labute approximate surface area is 187 Å². The van der Waals surface area contributed by atoms with E-state index in [1.807, 2.05) is 6.92 Å². The predicted molar refractivity (Wildman–Crippen MR) is 119 cm³/mol. The Hall–Kier alpha value is -3.13. The molecule has 0 aliphatic heterocycles. The lowest BCUT2D eigenvalue weighted by atomic mass is 10.0. The zero-order valence-electron chi connectivity index (χ0n) is 16.4. The minimum absolute atomic E-state index is 0.0488. The van der Waals surface area contributed by atoms with Crippen molar-refractivity contribution < 1.29 is 23.9 Å². The van der Waals surface area contributed by atoms with Crippen LogP contribution in [0.15, 0.2) is 36.4 Å². The molecule has 9 heteroatoms. The quantitative estimate of drug-likeness (QED) is 0.118. The normalized spacial score (nSPS) is 10.8. The maximum Gasteiger partial charge on any atom is 0.344 e. The first kappa shape index (κ1) is 23.2. The van der Waals surface area contributed by atoms with Crippen LogP contribution < -0.4 is 9.47 Å². The molecule has 156 valence electrons. The summed E-state index contributed by atoms with van der Waals surface area (Å²) in [6.45, 7) is 3.94. The zero-order chi connectivity index (χ0) is 22.1. The molecule has 0 atom stereocenters. The van der Waals surface area contributed by atoms with Gasteiger partial charge in [0.15, 0.2) is 18.1 Å². The van der Waals surface area contributed by atoms with Gasteiger partial charge in [-0.1, -0.05) is 0 Å². The van der Waals surface area contributed by atoms with Gasteiger partial charge in [-0.15, -0.1) is 0 Å². The van der Waals surface area contributed by atoms with Crippen LogP contribution in [0.1, 0.15) is 25.0 Å². The Bertz CT molecular complexity index is 996. The Balaban J connectivity index is 2.36. The fourth-order valence-electron chi connectivity index (χ4n) is 2.52. The van der Waals surface area contributed by atoms with E-state index in [0.29, 0.717) is 38.4 Å². The molecule has 0 saturated heterocycles. The van der Waals surface area contributed by atoms with Crippen LogP contribution in [0.5, 0.6) is 11.5 Å². The number of nitro groups is 1. The standard InChI is InChI=1S/C21H19IN2O6/c1-3-28-19-11-14(10-18(22)21(19)30-13-20(25)29-4-2)9-16(12-23)15-5-7-17(8-6-15)24(26)27/h5-11H,3-4,13H2,1-2H3/b16-9-. The number of hydrogen-bond donors (Lipinski definition) is 0. The van der Waals surface area contributed by atoms with Gasteiger partial charge in [0.2, 0.25) is 0 Å². The molecule has 0 N–H and O–H groups in total. The number of esters is 1. The molecule has 0 fully saturated rings. The highest BCUT2D eigenvalue weighted by atomic mass is 127. The number of carbonyl (C=O) groups excluding carboxylic acids is 1. The van der Waals surface area contributed by atoms with E-state index in [9.17, 15) is 20.2 Å². The third kappa shape index (κ3) is 6.18. The number of allylic oxidation sites excluding steroid dienone is 1. The predicted octanol–water partition coefficient (Wildman–Crippen LogP) is 4.60. The second-order valence-electron chi connectivity index (χ2n) is 5.83. The van der Waals surface area contributed by atoms with Crippen molar-refractivity contribution in [3.63, 3.8) is 0 Å². The summed E-state index contributed by atoms with van der Waals surface area (Å²) in [5, 5.41) is 20.4. The monoisotopic (exact) mass is 522 g/mol. The topological polar surface area (TPSA) is 112 Å². The van der Waals surface area contributed by atoms with Gasteiger partial charge >= 0.3 is 5.97 Å². The fraction of sp³-hybridized carbons (Fsp3) is 0.238. The van der Waals surface area contributed by atoms with Crippen LogP contribution in [0.25, 0.3) is 11.6 Å². The van der Waals surface area contributed by atoms with Crippen LogP contribution in [-0.2, 0) is 9.53 Å². The summed E-state index contributed by atoms with van der Waals surface area (Å²) in [7, 11) is 0. The first-order valence-electron chi connectivity index (χ1n) is 9.01. The third-order valence-corrected chi connectivity index (χ3v) is 4.59. The average Bonchev–Trinajstić information content (AvgIpc) is 2.72. The van der Waals surface area contributed by atoms with E-state index in [4.69, 9.17) is 14.2 Å². The fourth-order valence-corrected chi connectivity index (χ4v) is 3.30. The molecular weight excluding hydrogens is 503 g/mol. The number of nitriles is 1. The van der Waals surface area contributed by atoms with Gasteiger partial charge in [0, 0.05) is 12.1 Å². The Morgan fingerprint density at radius 1 is 1.20 bits per heavy atom. The number of ether oxygens (including phenoxy) is 3. The van der Waals surface area contributed by atoms with Gasteiger partial charge in [0.05, 0.1) is 33.3 Å². The summed E-state index contributed by atoms with van der Waals surface area (Å²) < 4.78 is 16.8. The van der Waals surface area contributed by atoms with Crippen molar-refractivity contribution in [2.24, 2.45) is 0 Å². The van der Waals surface area contributed by atoms with Crippen molar-refractivity contribution in [3.05, 3.63) is 61.2 Å². The minimum Gasteiger partial charge on any atom is -0.490 e. The maximum atomic E-state index is 11.6. The van der Waals surface area contributed by atoms with Gasteiger partial charge in [0.25, 0.3) is 5.69 Å². The molecule has 0 aliphatic carbocycles. The molecule has 0 aliphatic rings.